The lowest BCUT2D eigenvalue weighted by Crippen LogP contribution is -2.20. The predicted molar refractivity (Wildman–Crippen MR) is 152 cm³/mol. The zero-order chi connectivity index (χ0) is 23.0. The second kappa shape index (κ2) is 16.5. The number of hydrogen-bond donors (Lipinski definition) is 2. The first-order chi connectivity index (χ1) is 15.6. The summed E-state index contributed by atoms with van der Waals surface area (Å²) in [5.74, 6) is 0. The normalized spacial score (nSPS) is 10.7. The van der Waals surface area contributed by atoms with Crippen LogP contribution in [-0.4, -0.2) is 21.7 Å². The molecule has 0 saturated carbocycles. The highest BCUT2D eigenvalue weighted by atomic mass is 32.2. The van der Waals surface area contributed by atoms with Gasteiger partial charge in [-0.2, -0.15) is 0 Å². The van der Waals surface area contributed by atoms with Crippen LogP contribution in [0.4, 0.5) is 0 Å². The molecule has 0 atom stereocenters. The van der Waals surface area contributed by atoms with Gasteiger partial charge in [0.25, 0.3) is 0 Å². The number of unbranched alkanes of at least 4 members (excludes halogenated alkanes) is 3. The van der Waals surface area contributed by atoms with Crippen molar-refractivity contribution >= 4 is 56.6 Å². The van der Waals surface area contributed by atoms with Gasteiger partial charge >= 0.3 is 0 Å². The van der Waals surface area contributed by atoms with Crippen LogP contribution in [0.1, 0.15) is 63.5 Å². The van der Waals surface area contributed by atoms with E-state index in [9.17, 15) is 0 Å². The molecule has 2 N–H and O–H groups in total. The fraction of sp³-hybridized carbons (Fsp3) is 0.462. The van der Waals surface area contributed by atoms with Crippen molar-refractivity contribution in [3.63, 3.8) is 0 Å². The maximum absolute atomic E-state index is 5.53. The van der Waals surface area contributed by atoms with E-state index in [2.05, 4.69) is 73.0 Å². The van der Waals surface area contributed by atoms with E-state index in [1.807, 2.05) is 0 Å². The zero-order valence-corrected chi connectivity index (χ0v) is 22.6. The minimum atomic E-state index is 0.876. The van der Waals surface area contributed by atoms with Gasteiger partial charge in [-0.05, 0) is 48.9 Å². The Morgan fingerprint density at radius 1 is 0.656 bits per heavy atom. The van der Waals surface area contributed by atoms with E-state index in [1.54, 1.807) is 23.5 Å². The van der Waals surface area contributed by atoms with E-state index in [4.69, 9.17) is 24.4 Å². The number of rotatable bonds is 13. The molecule has 0 aliphatic rings. The van der Waals surface area contributed by atoms with Gasteiger partial charge < -0.3 is 10.6 Å². The van der Waals surface area contributed by atoms with E-state index in [0.717, 1.165) is 60.3 Å². The predicted octanol–water partition coefficient (Wildman–Crippen LogP) is 7.79. The molecule has 0 bridgehead atoms. The smallest absolute Gasteiger partial charge is 0.138 e. The molecule has 2 aromatic rings. The molecular weight excluding hydrogens is 469 g/mol. The number of aryl methyl sites for hydroxylation is 2. The van der Waals surface area contributed by atoms with Crippen LogP contribution in [0.5, 0.6) is 0 Å². The topological polar surface area (TPSA) is 24.1 Å². The van der Waals surface area contributed by atoms with E-state index >= 15 is 0 Å². The molecule has 0 unspecified atom stereocenters. The summed E-state index contributed by atoms with van der Waals surface area (Å²) in [6.45, 7) is 6.31. The second-order valence-electron chi connectivity index (χ2n) is 7.76. The Balaban J connectivity index is 1.53. The fourth-order valence-electron chi connectivity index (χ4n) is 3.41. The summed E-state index contributed by atoms with van der Waals surface area (Å²) in [7, 11) is 0. The van der Waals surface area contributed by atoms with Gasteiger partial charge in [-0.15, -0.1) is 0 Å². The van der Waals surface area contributed by atoms with Gasteiger partial charge in [0.05, 0.1) is 0 Å². The van der Waals surface area contributed by atoms with Crippen LogP contribution in [-0.2, 0) is 12.8 Å². The van der Waals surface area contributed by atoms with Crippen molar-refractivity contribution in [1.82, 2.24) is 10.6 Å². The van der Waals surface area contributed by atoms with E-state index in [-0.39, 0.29) is 0 Å². The van der Waals surface area contributed by atoms with Crippen molar-refractivity contribution < 1.29 is 0 Å². The van der Waals surface area contributed by atoms with Crippen LogP contribution in [0.25, 0.3) is 0 Å². The van der Waals surface area contributed by atoms with E-state index in [1.165, 1.54) is 33.8 Å². The lowest BCUT2D eigenvalue weighted by molar-refractivity contribution is 0.628. The average Bonchev–Trinajstić information content (AvgIpc) is 2.78. The molecule has 2 aromatic carbocycles. The molecule has 0 amide bonds. The van der Waals surface area contributed by atoms with Gasteiger partial charge in [0.1, 0.15) is 8.64 Å². The Kier molecular flexibility index (Phi) is 14.0. The standard InChI is InChI=1S/C26H36N2S4/c1-3-13-21-15-7-9-17-23(21)31-25(29)27-19-11-5-6-12-20-28-26(30)32-24-18-10-8-16-22(24)14-4-2/h7-10,15-18H,3-6,11-14,19-20H2,1-2H3,(H,27,29)(H,28,30). The summed E-state index contributed by atoms with van der Waals surface area (Å²) in [5, 5.41) is 6.81. The molecule has 0 spiro atoms. The van der Waals surface area contributed by atoms with Gasteiger partial charge in [-0.3, -0.25) is 0 Å². The largest absolute Gasteiger partial charge is 0.371 e. The van der Waals surface area contributed by atoms with Crippen LogP contribution in [0.3, 0.4) is 0 Å². The molecule has 0 aliphatic heterocycles. The lowest BCUT2D eigenvalue weighted by Gasteiger charge is -2.11. The minimum Gasteiger partial charge on any atom is -0.371 e. The molecule has 174 valence electrons. The van der Waals surface area contributed by atoms with Gasteiger partial charge in [-0.25, -0.2) is 0 Å². The summed E-state index contributed by atoms with van der Waals surface area (Å²) >= 11 is 14.4. The zero-order valence-electron chi connectivity index (χ0n) is 19.3. The molecule has 6 heteroatoms. The molecule has 2 nitrogen and oxygen atoms in total. The van der Waals surface area contributed by atoms with E-state index < -0.39 is 0 Å². The number of thioether (sulfide) groups is 2. The Bertz CT molecular complexity index is 769. The number of hydrogen-bond acceptors (Lipinski definition) is 4. The van der Waals surface area contributed by atoms with E-state index in [0.29, 0.717) is 0 Å². The summed E-state index contributed by atoms with van der Waals surface area (Å²) < 4.78 is 1.75. The van der Waals surface area contributed by atoms with Crippen molar-refractivity contribution in [1.29, 1.82) is 0 Å². The summed E-state index contributed by atoms with van der Waals surface area (Å²) in [4.78, 5) is 2.56. The molecule has 2 rings (SSSR count). The first kappa shape index (κ1) is 27.2. The van der Waals surface area contributed by atoms with Crippen LogP contribution >= 0.6 is 48.0 Å². The Morgan fingerprint density at radius 3 is 1.47 bits per heavy atom. The highest BCUT2D eigenvalue weighted by Gasteiger charge is 2.06. The third-order valence-electron chi connectivity index (χ3n) is 5.03. The van der Waals surface area contributed by atoms with Gasteiger partial charge in [0, 0.05) is 22.9 Å². The van der Waals surface area contributed by atoms with Gasteiger partial charge in [0.2, 0.25) is 0 Å². The maximum atomic E-state index is 5.53. The van der Waals surface area contributed by atoms with Gasteiger partial charge in [0.15, 0.2) is 0 Å². The van der Waals surface area contributed by atoms with Crippen LogP contribution in [0.2, 0.25) is 0 Å². The van der Waals surface area contributed by atoms with Crippen molar-refractivity contribution in [3.8, 4) is 0 Å². The average molecular weight is 505 g/mol. The summed E-state index contributed by atoms with van der Waals surface area (Å²) in [6.07, 6.45) is 9.20. The highest BCUT2D eigenvalue weighted by molar-refractivity contribution is 8.23. The summed E-state index contributed by atoms with van der Waals surface area (Å²) in [5.41, 5.74) is 2.78. The van der Waals surface area contributed by atoms with Crippen molar-refractivity contribution in [2.24, 2.45) is 0 Å². The van der Waals surface area contributed by atoms with Crippen molar-refractivity contribution in [3.05, 3.63) is 59.7 Å². The summed E-state index contributed by atoms with van der Waals surface area (Å²) in [6, 6.07) is 17.1. The molecule has 32 heavy (non-hydrogen) atoms. The Morgan fingerprint density at radius 2 is 1.06 bits per heavy atom. The fourth-order valence-corrected chi connectivity index (χ4v) is 5.80. The minimum absolute atomic E-state index is 0.876. The molecule has 0 heterocycles. The van der Waals surface area contributed by atoms with Crippen LogP contribution in [0.15, 0.2) is 58.3 Å². The number of nitrogens with one attached hydrogen (secondary N) is 2. The van der Waals surface area contributed by atoms with Crippen LogP contribution < -0.4 is 10.6 Å². The number of thiocarbonyl (C=S) groups is 2. The first-order valence-electron chi connectivity index (χ1n) is 11.7. The molecule has 0 radical (unpaired) electrons. The SMILES string of the molecule is CCCc1ccccc1SC(=S)NCCCCCCNC(=S)Sc1ccccc1CCC. The Hall–Kier alpha value is -1.08. The highest BCUT2D eigenvalue weighted by Crippen LogP contribution is 2.25. The molecule has 0 saturated heterocycles. The quantitative estimate of drug-likeness (QED) is 0.164. The molecule has 0 aromatic heterocycles. The number of benzene rings is 2. The second-order valence-corrected chi connectivity index (χ2v) is 11.2. The third kappa shape index (κ3) is 10.7. The van der Waals surface area contributed by atoms with Crippen molar-refractivity contribution in [2.75, 3.05) is 13.1 Å². The molecular formula is C26H36N2S4. The van der Waals surface area contributed by atoms with Crippen molar-refractivity contribution in [2.45, 2.75) is 75.0 Å². The monoisotopic (exact) mass is 504 g/mol. The van der Waals surface area contributed by atoms with Crippen LogP contribution in [0, 0.1) is 0 Å². The Labute approximate surface area is 214 Å². The molecule has 0 fully saturated rings. The molecule has 0 aliphatic carbocycles. The maximum Gasteiger partial charge on any atom is 0.138 e. The van der Waals surface area contributed by atoms with Gasteiger partial charge in [-0.1, -0.05) is 124 Å². The lowest BCUT2D eigenvalue weighted by atomic mass is 10.1. The first-order valence-corrected chi connectivity index (χ1v) is 14.2. The third-order valence-corrected chi connectivity index (χ3v) is 7.72.